The molecule has 0 saturated carbocycles. The molecule has 2 atom stereocenters. The molecule has 0 aliphatic carbocycles. The summed E-state index contributed by atoms with van der Waals surface area (Å²) in [6.45, 7) is 10.9. The third-order valence-electron chi connectivity index (χ3n) is 10.3. The third-order valence-corrected chi connectivity index (χ3v) is 10.3. The molecule has 4 rings (SSSR count). The molecule has 3 aromatic carbocycles. The summed E-state index contributed by atoms with van der Waals surface area (Å²) < 4.78 is 38.6. The average Bonchev–Trinajstić information content (AvgIpc) is 3.31. The summed E-state index contributed by atoms with van der Waals surface area (Å²) in [5.74, 6) is -2.65. The van der Waals surface area contributed by atoms with E-state index in [2.05, 4.69) is 20.3 Å². The van der Waals surface area contributed by atoms with Gasteiger partial charge in [-0.25, -0.2) is 9.78 Å². The first kappa shape index (κ1) is 55.0. The molecule has 372 valence electrons. The number of aliphatic carboxylic acids is 1. The highest BCUT2D eigenvalue weighted by molar-refractivity contribution is 6.00. The maximum Gasteiger partial charge on any atom is 0.416 e. The Morgan fingerprint density at radius 3 is 2.06 bits per heavy atom. The van der Waals surface area contributed by atoms with Crippen molar-refractivity contribution >= 4 is 46.3 Å². The predicted molar refractivity (Wildman–Crippen MR) is 257 cm³/mol. The number of methoxy groups -OCH3 is 1. The normalized spacial score (nSPS) is 12.1. The lowest BCUT2D eigenvalue weighted by molar-refractivity contribution is -0.142. The second kappa shape index (κ2) is 29.3. The molecule has 0 aliphatic heterocycles. The summed E-state index contributed by atoms with van der Waals surface area (Å²) in [6, 6.07) is 21.2. The van der Waals surface area contributed by atoms with Gasteiger partial charge in [-0.05, 0) is 85.5 Å². The summed E-state index contributed by atoms with van der Waals surface area (Å²) in [5.41, 5.74) is 10.8. The molecule has 2 N–H and O–H groups in total. The van der Waals surface area contributed by atoms with Crippen LogP contribution in [0.4, 0.5) is 10.6 Å². The van der Waals surface area contributed by atoms with Crippen LogP contribution in [0.5, 0.6) is 5.75 Å². The maximum absolute atomic E-state index is 13.8. The van der Waals surface area contributed by atoms with Crippen LogP contribution >= 0.6 is 0 Å². The number of aryl methyl sites for hydroxylation is 1. The minimum atomic E-state index is -1.38. The van der Waals surface area contributed by atoms with E-state index in [-0.39, 0.29) is 38.8 Å². The summed E-state index contributed by atoms with van der Waals surface area (Å²) in [6.07, 6.45) is -0.129. The Kier molecular flexibility index (Phi) is 23.3. The van der Waals surface area contributed by atoms with Crippen LogP contribution in [0.3, 0.4) is 0 Å². The number of nitrogens with one attached hydrogen (secondary N) is 1. The highest BCUT2D eigenvalue weighted by Gasteiger charge is 2.29. The number of hydrogen-bond donors (Lipinski definition) is 2. The van der Waals surface area contributed by atoms with E-state index < -0.39 is 53.7 Å². The van der Waals surface area contributed by atoms with Crippen LogP contribution in [0.15, 0.2) is 84.1 Å². The minimum Gasteiger partial charge on any atom is -0.491 e. The molecule has 4 aromatic rings. The van der Waals surface area contributed by atoms with Crippen molar-refractivity contribution in [3.05, 3.63) is 101 Å². The lowest BCUT2D eigenvalue weighted by Gasteiger charge is -2.27. The first-order valence-corrected chi connectivity index (χ1v) is 22.8. The fraction of sp³-hybridized carbons (Fsp3) is 0.480. The number of esters is 1. The third kappa shape index (κ3) is 19.9. The molecule has 0 unspecified atom stereocenters. The van der Waals surface area contributed by atoms with Crippen molar-refractivity contribution in [2.45, 2.75) is 77.4 Å². The topological polar surface area (TPSA) is 247 Å². The quantitative estimate of drug-likeness (QED) is 0.0161. The number of carbonyl (C=O) groups excluding carboxylic acids is 4. The largest absolute Gasteiger partial charge is 0.491 e. The molecule has 0 radical (unpaired) electrons. The van der Waals surface area contributed by atoms with Crippen molar-refractivity contribution < 1.29 is 62.2 Å². The van der Waals surface area contributed by atoms with Gasteiger partial charge in [0.2, 0.25) is 5.91 Å². The van der Waals surface area contributed by atoms with Crippen molar-refractivity contribution in [2.24, 2.45) is 5.11 Å². The average molecular weight is 957 g/mol. The van der Waals surface area contributed by atoms with E-state index in [9.17, 15) is 29.1 Å². The number of benzene rings is 3. The van der Waals surface area contributed by atoms with Crippen LogP contribution in [-0.4, -0.2) is 131 Å². The molecule has 1 aromatic heterocycles. The summed E-state index contributed by atoms with van der Waals surface area (Å²) in [4.78, 5) is 73.1. The number of hydrogen-bond acceptors (Lipinski definition) is 14. The number of azide groups is 1. The number of ketones is 1. The molecule has 19 nitrogen and oxygen atoms in total. The van der Waals surface area contributed by atoms with Crippen molar-refractivity contribution in [1.82, 2.24) is 10.3 Å². The Balaban J connectivity index is 1.33. The van der Waals surface area contributed by atoms with Crippen LogP contribution in [-0.2, 0) is 47.6 Å². The van der Waals surface area contributed by atoms with Crippen LogP contribution in [0.1, 0.15) is 69.9 Å². The first-order valence-electron chi connectivity index (χ1n) is 22.8. The second-order valence-corrected chi connectivity index (χ2v) is 16.8. The first-order chi connectivity index (χ1) is 33.2. The van der Waals surface area contributed by atoms with Gasteiger partial charge < -0.3 is 43.6 Å². The zero-order valence-corrected chi connectivity index (χ0v) is 40.1. The number of nitrogens with zero attached hydrogens (tertiary/aromatic N) is 5. The van der Waals surface area contributed by atoms with Crippen molar-refractivity contribution in [3.63, 3.8) is 0 Å². The van der Waals surface area contributed by atoms with Gasteiger partial charge in [-0.3, -0.25) is 24.1 Å². The predicted octanol–water partition coefficient (Wildman–Crippen LogP) is 7.75. The number of ether oxygens (including phenoxy) is 7. The van der Waals surface area contributed by atoms with Crippen molar-refractivity contribution in [2.75, 3.05) is 84.6 Å². The van der Waals surface area contributed by atoms with E-state index in [1.807, 2.05) is 67.6 Å². The number of carboxylic acids is 1. The Bertz CT molecular complexity index is 2330. The van der Waals surface area contributed by atoms with Gasteiger partial charge in [0, 0.05) is 48.3 Å². The number of Topliss-reactive ketones (excluding diaryl/α,β-unsaturated/α-hetero) is 1. The molecule has 19 heteroatoms. The van der Waals surface area contributed by atoms with Crippen LogP contribution in [0.2, 0.25) is 0 Å². The summed E-state index contributed by atoms with van der Waals surface area (Å²) in [5, 5.41) is 17.5. The number of carboxylic acid groups (broad SMARTS) is 1. The Morgan fingerprint density at radius 2 is 1.45 bits per heavy atom. The smallest absolute Gasteiger partial charge is 0.416 e. The lowest BCUT2D eigenvalue weighted by atomic mass is 9.87. The fourth-order valence-corrected chi connectivity index (χ4v) is 7.05. The molecule has 0 fully saturated rings. The van der Waals surface area contributed by atoms with E-state index in [1.54, 1.807) is 39.1 Å². The van der Waals surface area contributed by atoms with Gasteiger partial charge in [0.25, 0.3) is 0 Å². The van der Waals surface area contributed by atoms with Gasteiger partial charge in [0.05, 0.1) is 78.8 Å². The Morgan fingerprint density at radius 1 is 0.812 bits per heavy atom. The monoisotopic (exact) mass is 956 g/mol. The maximum atomic E-state index is 13.8. The van der Waals surface area contributed by atoms with Crippen molar-refractivity contribution in [3.8, 4) is 16.9 Å². The van der Waals surface area contributed by atoms with Gasteiger partial charge in [-0.1, -0.05) is 59.7 Å². The second-order valence-electron chi connectivity index (χ2n) is 16.8. The number of pyridine rings is 1. The fourth-order valence-electron chi connectivity index (χ4n) is 7.05. The number of carbonyl (C=O) groups is 5. The molecule has 2 amide bonds. The van der Waals surface area contributed by atoms with Gasteiger partial charge in [0.1, 0.15) is 23.8 Å². The van der Waals surface area contributed by atoms with Crippen LogP contribution < -0.4 is 15.0 Å². The molecular formula is C50H64N6O13. The van der Waals surface area contributed by atoms with Gasteiger partial charge in [0.15, 0.2) is 5.78 Å². The SMILES string of the molecule is COC(=O)C[C@H](CC(=O)[C@H](CC(=O)O)NC(=O)CCCN(C(=O)OC(C)(C)C)c1cc(C)ccn1)c1ccc(-c2ccc(OCCOCCOCCOCCOCCN=[N+]=[N-])c3ccccc23)cc1. The molecular weight excluding hydrogens is 893 g/mol. The zero-order valence-electron chi connectivity index (χ0n) is 40.1. The summed E-state index contributed by atoms with van der Waals surface area (Å²) in [7, 11) is 1.25. The zero-order chi connectivity index (χ0) is 50.0. The van der Waals surface area contributed by atoms with Gasteiger partial charge in [-0.15, -0.1) is 0 Å². The number of aromatic nitrogens is 1. The highest BCUT2D eigenvalue weighted by Crippen LogP contribution is 2.36. The molecule has 0 bridgehead atoms. The van der Waals surface area contributed by atoms with Crippen LogP contribution in [0, 0.1) is 6.92 Å². The number of amides is 2. The van der Waals surface area contributed by atoms with Crippen LogP contribution in [0.25, 0.3) is 32.3 Å². The van der Waals surface area contributed by atoms with E-state index in [0.717, 1.165) is 27.5 Å². The van der Waals surface area contributed by atoms with E-state index >= 15 is 0 Å². The molecule has 0 spiro atoms. The Labute approximate surface area is 402 Å². The molecule has 0 saturated heterocycles. The van der Waals surface area contributed by atoms with Gasteiger partial charge >= 0.3 is 18.0 Å². The van der Waals surface area contributed by atoms with Gasteiger partial charge in [-0.2, -0.15) is 0 Å². The summed E-state index contributed by atoms with van der Waals surface area (Å²) >= 11 is 0. The van der Waals surface area contributed by atoms with Crippen molar-refractivity contribution in [1.29, 1.82) is 0 Å². The molecule has 0 aliphatic rings. The van der Waals surface area contributed by atoms with E-state index in [0.29, 0.717) is 76.6 Å². The lowest BCUT2D eigenvalue weighted by Crippen LogP contribution is -2.43. The molecule has 69 heavy (non-hydrogen) atoms. The highest BCUT2D eigenvalue weighted by atomic mass is 16.6. The minimum absolute atomic E-state index is 0.0652. The number of anilines is 1. The standard InChI is InChI=1S/C50H64N6O13/c1-35-18-19-52-45(31-35)56(49(62)69-50(2,3)4)21-8-11-46(58)54-42(34-47(59)60)43(57)32-38(33-48(61)63-5)36-12-14-37(15-13-36)39-16-17-44(41-10-7-6-9-40(39)41)68-30-29-67-28-27-66-26-25-65-24-23-64-22-20-53-55-51/h6-7,9-10,12-19,31,38,42H,8,11,20-30,32-34H2,1-5H3,(H,54,58)(H,59,60)/t38-,42-/m0/s1. The van der Waals surface area contributed by atoms with E-state index in [1.165, 1.54) is 12.0 Å². The number of fused-ring (bicyclic) bond motifs is 1. The number of rotatable bonds is 31. The molecule has 1 heterocycles. The Hall–Kier alpha value is -6.63. The van der Waals surface area contributed by atoms with E-state index in [4.69, 9.17) is 38.7 Å².